The van der Waals surface area contributed by atoms with Gasteiger partial charge in [0.15, 0.2) is 5.78 Å². The van der Waals surface area contributed by atoms with Crippen LogP contribution in [0.1, 0.15) is 38.6 Å². The third-order valence-electron chi connectivity index (χ3n) is 4.06. The number of aryl methyl sites for hydroxylation is 2. The Morgan fingerprint density at radius 1 is 1.42 bits per heavy atom. The maximum Gasteiger partial charge on any atom is 0.158 e. The molecule has 0 bridgehead atoms. The van der Waals surface area contributed by atoms with E-state index in [0.717, 1.165) is 24.4 Å². The van der Waals surface area contributed by atoms with Crippen LogP contribution >= 0.6 is 11.6 Å². The van der Waals surface area contributed by atoms with Gasteiger partial charge in [-0.15, -0.1) is 0 Å². The van der Waals surface area contributed by atoms with Crippen molar-refractivity contribution < 1.29 is 4.79 Å². The van der Waals surface area contributed by atoms with E-state index in [4.69, 9.17) is 11.6 Å². The first-order valence-electron chi connectivity index (χ1n) is 6.70. The molecule has 108 valence electrons. The Labute approximate surface area is 120 Å². The number of ketones is 1. The standard InChI is InChI=1S/C14H24ClN3O/c1-7-14(4,17(5)6)12(19)9-11-13(15)10(3)16-18(11)8-2/h7-9H2,1-6H3. The van der Waals surface area contributed by atoms with Gasteiger partial charge in [-0.1, -0.05) is 18.5 Å². The number of hydrogen-bond acceptors (Lipinski definition) is 3. The first kappa shape index (κ1) is 16.2. The number of halogens is 1. The first-order valence-corrected chi connectivity index (χ1v) is 7.08. The minimum Gasteiger partial charge on any atom is -0.297 e. The summed E-state index contributed by atoms with van der Waals surface area (Å²) < 4.78 is 1.82. The van der Waals surface area contributed by atoms with E-state index < -0.39 is 5.54 Å². The third kappa shape index (κ3) is 3.00. The molecule has 0 aliphatic carbocycles. The van der Waals surface area contributed by atoms with Gasteiger partial charge in [-0.3, -0.25) is 14.4 Å². The molecule has 19 heavy (non-hydrogen) atoms. The van der Waals surface area contributed by atoms with Gasteiger partial charge in [-0.25, -0.2) is 0 Å². The van der Waals surface area contributed by atoms with Crippen LogP contribution in [-0.2, 0) is 17.8 Å². The van der Waals surface area contributed by atoms with E-state index in [0.29, 0.717) is 11.4 Å². The monoisotopic (exact) mass is 285 g/mol. The van der Waals surface area contributed by atoms with E-state index in [1.807, 2.05) is 51.4 Å². The highest BCUT2D eigenvalue weighted by Gasteiger charge is 2.34. The Hall–Kier alpha value is -0.870. The van der Waals surface area contributed by atoms with Crippen molar-refractivity contribution in [3.05, 3.63) is 16.4 Å². The highest BCUT2D eigenvalue weighted by molar-refractivity contribution is 6.32. The summed E-state index contributed by atoms with van der Waals surface area (Å²) in [6.07, 6.45) is 1.10. The molecule has 5 heteroatoms. The lowest BCUT2D eigenvalue weighted by Crippen LogP contribution is -2.48. The predicted molar refractivity (Wildman–Crippen MR) is 78.7 cm³/mol. The molecule has 0 saturated heterocycles. The zero-order valence-electron chi connectivity index (χ0n) is 12.7. The van der Waals surface area contributed by atoms with Crippen LogP contribution in [0.5, 0.6) is 0 Å². The number of hydrogen-bond donors (Lipinski definition) is 0. The largest absolute Gasteiger partial charge is 0.297 e. The number of carbonyl (C=O) groups is 1. The van der Waals surface area contributed by atoms with Crippen LogP contribution in [0.15, 0.2) is 0 Å². The predicted octanol–water partition coefficient (Wildman–Crippen LogP) is 2.71. The van der Waals surface area contributed by atoms with Crippen molar-refractivity contribution in [2.45, 2.75) is 52.6 Å². The number of nitrogens with zero attached hydrogens (tertiary/aromatic N) is 3. The molecule has 0 saturated carbocycles. The second-order valence-electron chi connectivity index (χ2n) is 5.28. The molecule has 0 aliphatic heterocycles. The van der Waals surface area contributed by atoms with Crippen LogP contribution in [0.4, 0.5) is 0 Å². The van der Waals surface area contributed by atoms with E-state index >= 15 is 0 Å². The van der Waals surface area contributed by atoms with E-state index in [2.05, 4.69) is 5.10 Å². The topological polar surface area (TPSA) is 38.1 Å². The molecule has 4 nitrogen and oxygen atoms in total. The molecule has 1 heterocycles. The van der Waals surface area contributed by atoms with Crippen molar-refractivity contribution in [3.63, 3.8) is 0 Å². The number of rotatable bonds is 6. The van der Waals surface area contributed by atoms with Crippen molar-refractivity contribution in [3.8, 4) is 0 Å². The van der Waals surface area contributed by atoms with Gasteiger partial charge in [0.1, 0.15) is 0 Å². The fraction of sp³-hybridized carbons (Fsp3) is 0.714. The van der Waals surface area contributed by atoms with Gasteiger partial charge < -0.3 is 0 Å². The molecular formula is C14H24ClN3O. The van der Waals surface area contributed by atoms with Gasteiger partial charge >= 0.3 is 0 Å². The summed E-state index contributed by atoms with van der Waals surface area (Å²) in [5.41, 5.74) is 1.16. The van der Waals surface area contributed by atoms with E-state index in [9.17, 15) is 4.79 Å². The summed E-state index contributed by atoms with van der Waals surface area (Å²) in [7, 11) is 3.87. The van der Waals surface area contributed by atoms with E-state index in [1.54, 1.807) is 0 Å². The smallest absolute Gasteiger partial charge is 0.158 e. The Kier molecular flexibility index (Phi) is 5.16. The summed E-state index contributed by atoms with van der Waals surface area (Å²) in [6, 6.07) is 0. The SMILES string of the molecule is CCn1nc(C)c(Cl)c1CC(=O)C(C)(CC)N(C)C. The van der Waals surface area contributed by atoms with Crippen LogP contribution in [0.25, 0.3) is 0 Å². The fourth-order valence-corrected chi connectivity index (χ4v) is 2.35. The average molecular weight is 286 g/mol. The molecule has 1 unspecified atom stereocenters. The summed E-state index contributed by atoms with van der Waals surface area (Å²) in [4.78, 5) is 14.6. The second kappa shape index (κ2) is 6.06. The van der Waals surface area contributed by atoms with Crippen LogP contribution in [0.3, 0.4) is 0 Å². The van der Waals surface area contributed by atoms with Crippen LogP contribution in [0.2, 0.25) is 5.02 Å². The van der Waals surface area contributed by atoms with Crippen molar-refractivity contribution in [2.75, 3.05) is 14.1 Å². The molecule has 0 fully saturated rings. The van der Waals surface area contributed by atoms with Gasteiger partial charge in [-0.2, -0.15) is 5.10 Å². The summed E-state index contributed by atoms with van der Waals surface area (Å²) in [5.74, 6) is 0.177. The lowest BCUT2D eigenvalue weighted by molar-refractivity contribution is -0.128. The molecular weight excluding hydrogens is 262 g/mol. The zero-order valence-corrected chi connectivity index (χ0v) is 13.5. The molecule has 0 radical (unpaired) electrons. The molecule has 0 N–H and O–H groups in total. The summed E-state index contributed by atoms with van der Waals surface area (Å²) in [5, 5.41) is 4.97. The molecule has 0 aromatic carbocycles. The van der Waals surface area contributed by atoms with Gasteiger partial charge in [0, 0.05) is 6.54 Å². The van der Waals surface area contributed by atoms with Crippen molar-refractivity contribution in [1.82, 2.24) is 14.7 Å². The van der Waals surface area contributed by atoms with Crippen molar-refractivity contribution in [1.29, 1.82) is 0 Å². The summed E-state index contributed by atoms with van der Waals surface area (Å²) >= 11 is 6.26. The van der Waals surface area contributed by atoms with E-state index in [1.165, 1.54) is 0 Å². The highest BCUT2D eigenvalue weighted by atomic mass is 35.5. The van der Waals surface area contributed by atoms with Gasteiger partial charge in [0.2, 0.25) is 0 Å². The van der Waals surface area contributed by atoms with Crippen molar-refractivity contribution in [2.24, 2.45) is 0 Å². The Morgan fingerprint density at radius 3 is 2.42 bits per heavy atom. The van der Waals surface area contributed by atoms with Gasteiger partial charge in [-0.05, 0) is 41.3 Å². The van der Waals surface area contributed by atoms with Gasteiger partial charge in [0.05, 0.1) is 28.4 Å². The molecule has 0 spiro atoms. The van der Waals surface area contributed by atoms with Crippen LogP contribution in [-0.4, -0.2) is 40.1 Å². The molecule has 1 atom stereocenters. The Morgan fingerprint density at radius 2 is 2.00 bits per heavy atom. The van der Waals surface area contributed by atoms with Crippen molar-refractivity contribution >= 4 is 17.4 Å². The number of carbonyl (C=O) groups excluding carboxylic acids is 1. The normalized spacial score (nSPS) is 14.7. The maximum absolute atomic E-state index is 12.6. The van der Waals surface area contributed by atoms with Crippen LogP contribution in [0, 0.1) is 6.92 Å². The quantitative estimate of drug-likeness (QED) is 0.807. The van der Waals surface area contributed by atoms with Gasteiger partial charge in [0.25, 0.3) is 0 Å². The third-order valence-corrected chi connectivity index (χ3v) is 4.55. The lowest BCUT2D eigenvalue weighted by Gasteiger charge is -2.34. The van der Waals surface area contributed by atoms with Crippen LogP contribution < -0.4 is 0 Å². The molecule has 0 aliphatic rings. The Bertz CT molecular complexity index is 468. The minimum absolute atomic E-state index is 0.177. The molecule has 1 rings (SSSR count). The maximum atomic E-state index is 12.6. The first-order chi connectivity index (χ1) is 8.77. The Balaban J connectivity index is 3.06. The number of likely N-dealkylation sites (N-methyl/N-ethyl adjacent to an activating group) is 1. The molecule has 1 aromatic heterocycles. The van der Waals surface area contributed by atoms with E-state index in [-0.39, 0.29) is 5.78 Å². The second-order valence-corrected chi connectivity index (χ2v) is 5.66. The fourth-order valence-electron chi connectivity index (χ4n) is 2.14. The summed E-state index contributed by atoms with van der Waals surface area (Å²) in [6.45, 7) is 8.60. The molecule has 0 amide bonds. The highest BCUT2D eigenvalue weighted by Crippen LogP contribution is 2.25. The number of Topliss-reactive ketones (excluding diaryl/α,β-unsaturated/α-hetero) is 1. The minimum atomic E-state index is -0.458. The lowest BCUT2D eigenvalue weighted by atomic mass is 9.89. The zero-order chi connectivity index (χ0) is 14.8. The average Bonchev–Trinajstić information content (AvgIpc) is 2.64. The number of aromatic nitrogens is 2. The molecule has 1 aromatic rings.